The predicted molar refractivity (Wildman–Crippen MR) is 83.7 cm³/mol. The molecule has 0 aliphatic carbocycles. The highest BCUT2D eigenvalue weighted by atomic mass is 35.5. The Balaban J connectivity index is 2.48. The van der Waals surface area contributed by atoms with Gasteiger partial charge in [0.15, 0.2) is 5.60 Å². The van der Waals surface area contributed by atoms with E-state index in [1.807, 2.05) is 6.07 Å². The third-order valence-electron chi connectivity index (χ3n) is 3.63. The van der Waals surface area contributed by atoms with Crippen molar-refractivity contribution < 1.29 is 26.7 Å². The molecule has 1 atom stereocenters. The van der Waals surface area contributed by atoms with E-state index >= 15 is 0 Å². The van der Waals surface area contributed by atoms with Crippen LogP contribution in [0, 0.1) is 11.3 Å². The summed E-state index contributed by atoms with van der Waals surface area (Å²) in [6.07, 6.45) is -4.91. The third-order valence-corrected chi connectivity index (χ3v) is 5.88. The van der Waals surface area contributed by atoms with E-state index in [1.54, 1.807) is 0 Å². The summed E-state index contributed by atoms with van der Waals surface area (Å²) in [5, 5.41) is 18.2. The zero-order chi connectivity index (χ0) is 19.0. The van der Waals surface area contributed by atoms with Crippen LogP contribution in [0.2, 0.25) is 5.02 Å². The number of alkyl halides is 3. The normalized spacial score (nSPS) is 14.6. The Hall–Kier alpha value is -2.08. The second kappa shape index (κ2) is 6.33. The SMILES string of the molecule is C[C@@](O)(c1ccc(S(=O)(=O)c2ccc(C#N)cc2Cl)cc1)C(F)(F)F. The fourth-order valence-electron chi connectivity index (χ4n) is 2.04. The highest BCUT2D eigenvalue weighted by Gasteiger charge is 2.51. The molecule has 0 fully saturated rings. The summed E-state index contributed by atoms with van der Waals surface area (Å²) < 4.78 is 63.6. The zero-order valence-corrected chi connectivity index (χ0v) is 14.2. The van der Waals surface area contributed by atoms with Gasteiger partial charge in [-0.25, -0.2) is 8.42 Å². The van der Waals surface area contributed by atoms with Crippen LogP contribution in [0.15, 0.2) is 52.3 Å². The molecular weight excluding hydrogens is 379 g/mol. The first-order valence-electron chi connectivity index (χ1n) is 6.75. The molecular formula is C16H11ClF3NO3S. The molecule has 0 saturated carbocycles. The first-order valence-corrected chi connectivity index (χ1v) is 8.62. The van der Waals surface area contributed by atoms with Gasteiger partial charge in [-0.15, -0.1) is 0 Å². The molecule has 0 aliphatic heterocycles. The topological polar surface area (TPSA) is 78.2 Å². The van der Waals surface area contributed by atoms with Gasteiger partial charge in [-0.2, -0.15) is 18.4 Å². The highest BCUT2D eigenvalue weighted by molar-refractivity contribution is 7.91. The summed E-state index contributed by atoms with van der Waals surface area (Å²) in [6, 6.07) is 9.09. The molecule has 1 N–H and O–H groups in total. The van der Waals surface area contributed by atoms with E-state index in [2.05, 4.69) is 0 Å². The lowest BCUT2D eigenvalue weighted by Crippen LogP contribution is -2.39. The number of aliphatic hydroxyl groups is 1. The molecule has 0 aliphatic rings. The molecule has 9 heteroatoms. The Morgan fingerprint density at radius 3 is 2.12 bits per heavy atom. The number of benzene rings is 2. The van der Waals surface area contributed by atoms with Gasteiger partial charge in [-0.1, -0.05) is 23.7 Å². The molecule has 0 heterocycles. The molecule has 2 aromatic carbocycles. The minimum Gasteiger partial charge on any atom is -0.376 e. The molecule has 0 aromatic heterocycles. The first kappa shape index (κ1) is 19.2. The van der Waals surface area contributed by atoms with Crippen LogP contribution in [0.3, 0.4) is 0 Å². The average Bonchev–Trinajstić information content (AvgIpc) is 2.53. The molecule has 25 heavy (non-hydrogen) atoms. The monoisotopic (exact) mass is 389 g/mol. The summed E-state index contributed by atoms with van der Waals surface area (Å²) >= 11 is 5.89. The van der Waals surface area contributed by atoms with Gasteiger partial charge in [-0.3, -0.25) is 0 Å². The Morgan fingerprint density at radius 2 is 1.68 bits per heavy atom. The van der Waals surface area contributed by atoms with Crippen LogP contribution in [0.5, 0.6) is 0 Å². The Kier molecular flexibility index (Phi) is 4.88. The molecule has 0 radical (unpaired) electrons. The lowest BCUT2D eigenvalue weighted by atomic mass is 9.96. The van der Waals surface area contributed by atoms with Gasteiger partial charge in [-0.05, 0) is 42.8 Å². The molecule has 2 aromatic rings. The number of rotatable bonds is 3. The van der Waals surface area contributed by atoms with Crippen LogP contribution in [0.25, 0.3) is 0 Å². The van der Waals surface area contributed by atoms with Crippen LogP contribution in [-0.4, -0.2) is 19.7 Å². The standard InChI is InChI=1S/C16H11ClF3NO3S/c1-15(22,16(18,19)20)11-3-5-12(6-4-11)25(23,24)14-7-2-10(9-21)8-13(14)17/h2-8,22H,1H3/t15-/m1/s1. The molecule has 0 unspecified atom stereocenters. The molecule has 0 saturated heterocycles. The van der Waals surface area contributed by atoms with Crippen molar-refractivity contribution in [1.29, 1.82) is 5.26 Å². The summed E-state index contributed by atoms with van der Waals surface area (Å²) in [4.78, 5) is -0.565. The average molecular weight is 390 g/mol. The molecule has 132 valence electrons. The second-order valence-corrected chi connectivity index (χ2v) is 7.68. The summed E-state index contributed by atoms with van der Waals surface area (Å²) in [6.45, 7) is 0.577. The van der Waals surface area contributed by atoms with E-state index in [9.17, 15) is 26.7 Å². The maximum Gasteiger partial charge on any atom is 0.421 e. The number of hydrogen-bond acceptors (Lipinski definition) is 4. The molecule has 0 spiro atoms. The van der Waals surface area contributed by atoms with Gasteiger partial charge in [0, 0.05) is 0 Å². The second-order valence-electron chi connectivity index (χ2n) is 5.35. The van der Waals surface area contributed by atoms with Crippen molar-refractivity contribution in [2.45, 2.75) is 28.5 Å². The van der Waals surface area contributed by atoms with E-state index in [4.69, 9.17) is 16.9 Å². The number of nitriles is 1. The minimum atomic E-state index is -4.91. The van der Waals surface area contributed by atoms with Crippen LogP contribution in [0.1, 0.15) is 18.1 Å². The van der Waals surface area contributed by atoms with Gasteiger partial charge in [0.2, 0.25) is 9.84 Å². The Labute approximate surface area is 147 Å². The Bertz CT molecular complexity index is 946. The van der Waals surface area contributed by atoms with Crippen LogP contribution in [-0.2, 0) is 15.4 Å². The molecule has 2 rings (SSSR count). The van der Waals surface area contributed by atoms with Gasteiger partial charge in [0.05, 0.1) is 26.4 Å². The van der Waals surface area contributed by atoms with Gasteiger partial charge >= 0.3 is 6.18 Å². The van der Waals surface area contributed by atoms with Crippen LogP contribution >= 0.6 is 11.6 Å². The fourth-order valence-corrected chi connectivity index (χ4v) is 3.83. The smallest absolute Gasteiger partial charge is 0.376 e. The maximum absolute atomic E-state index is 12.8. The van der Waals surface area contributed by atoms with E-state index in [0.29, 0.717) is 6.92 Å². The lowest BCUT2D eigenvalue weighted by Gasteiger charge is -2.26. The lowest BCUT2D eigenvalue weighted by molar-refractivity contribution is -0.258. The predicted octanol–water partition coefficient (Wildman–Crippen LogP) is 3.81. The summed E-state index contributed by atoms with van der Waals surface area (Å²) in [5.74, 6) is 0. The van der Waals surface area contributed by atoms with Crippen molar-refractivity contribution in [3.05, 3.63) is 58.6 Å². The van der Waals surface area contributed by atoms with Crippen molar-refractivity contribution in [2.75, 3.05) is 0 Å². The van der Waals surface area contributed by atoms with Crippen LogP contribution < -0.4 is 0 Å². The van der Waals surface area contributed by atoms with Crippen LogP contribution in [0.4, 0.5) is 13.2 Å². The summed E-state index contributed by atoms with van der Waals surface area (Å²) in [5.41, 5.74) is -3.44. The van der Waals surface area contributed by atoms with Crippen molar-refractivity contribution >= 4 is 21.4 Å². The zero-order valence-electron chi connectivity index (χ0n) is 12.7. The van der Waals surface area contributed by atoms with E-state index in [0.717, 1.165) is 30.3 Å². The van der Waals surface area contributed by atoms with Crippen molar-refractivity contribution in [3.63, 3.8) is 0 Å². The quantitative estimate of drug-likeness (QED) is 0.865. The third kappa shape index (κ3) is 3.49. The number of nitrogens with zero attached hydrogens (tertiary/aromatic N) is 1. The molecule has 0 bridgehead atoms. The Morgan fingerprint density at radius 1 is 1.12 bits per heavy atom. The van der Waals surface area contributed by atoms with Crippen molar-refractivity contribution in [1.82, 2.24) is 0 Å². The van der Waals surface area contributed by atoms with Gasteiger partial charge in [0.25, 0.3) is 0 Å². The summed E-state index contributed by atoms with van der Waals surface area (Å²) in [7, 11) is -4.10. The van der Waals surface area contributed by atoms with Crippen molar-refractivity contribution in [2.24, 2.45) is 0 Å². The number of hydrogen-bond donors (Lipinski definition) is 1. The minimum absolute atomic E-state index is 0.167. The van der Waals surface area contributed by atoms with Gasteiger partial charge < -0.3 is 5.11 Å². The first-order chi connectivity index (χ1) is 11.4. The maximum atomic E-state index is 12.8. The fraction of sp³-hybridized carbons (Fsp3) is 0.188. The molecule has 4 nitrogen and oxygen atoms in total. The van der Waals surface area contributed by atoms with Crippen molar-refractivity contribution in [3.8, 4) is 6.07 Å². The number of sulfone groups is 1. The largest absolute Gasteiger partial charge is 0.421 e. The number of halogens is 4. The molecule has 0 amide bonds. The van der Waals surface area contributed by atoms with E-state index < -0.39 is 27.2 Å². The van der Waals surface area contributed by atoms with E-state index in [-0.39, 0.29) is 20.4 Å². The van der Waals surface area contributed by atoms with Gasteiger partial charge in [0.1, 0.15) is 0 Å². The highest BCUT2D eigenvalue weighted by Crippen LogP contribution is 2.39. The van der Waals surface area contributed by atoms with E-state index in [1.165, 1.54) is 12.1 Å².